The number of benzene rings is 1. The Balaban J connectivity index is 2.87. The van der Waals surface area contributed by atoms with Crippen LogP contribution in [0.1, 0.15) is 30.0 Å². The number of aliphatic hydroxyl groups is 1. The van der Waals surface area contributed by atoms with Crippen LogP contribution in [0.25, 0.3) is 0 Å². The molecule has 0 spiro atoms. The highest BCUT2D eigenvalue weighted by Gasteiger charge is 2.04. The van der Waals surface area contributed by atoms with Crippen LogP contribution in [0.3, 0.4) is 0 Å². The van der Waals surface area contributed by atoms with Crippen molar-refractivity contribution in [2.45, 2.75) is 33.6 Å². The van der Waals surface area contributed by atoms with E-state index in [0.717, 1.165) is 18.6 Å². The summed E-state index contributed by atoms with van der Waals surface area (Å²) in [6.07, 6.45) is 1.77. The summed E-state index contributed by atoms with van der Waals surface area (Å²) in [6.45, 7) is 7.11. The van der Waals surface area contributed by atoms with Gasteiger partial charge in [-0.15, -0.1) is 0 Å². The molecule has 1 aromatic rings. The molecule has 0 aromatic heterocycles. The van der Waals surface area contributed by atoms with Crippen molar-refractivity contribution in [1.82, 2.24) is 0 Å². The Labute approximate surface area is 91.9 Å². The topological polar surface area (TPSA) is 29.5 Å². The lowest BCUT2D eigenvalue weighted by Crippen LogP contribution is -1.98. The third kappa shape index (κ3) is 3.24. The minimum atomic E-state index is 0.256. The molecule has 0 saturated heterocycles. The van der Waals surface area contributed by atoms with Gasteiger partial charge in [0.25, 0.3) is 0 Å². The minimum Gasteiger partial charge on any atom is -0.494 e. The Morgan fingerprint density at radius 3 is 2.53 bits per heavy atom. The van der Waals surface area contributed by atoms with Crippen LogP contribution >= 0.6 is 0 Å². The third-order valence-corrected chi connectivity index (χ3v) is 2.54. The molecular weight excluding hydrogens is 188 g/mol. The lowest BCUT2D eigenvalue weighted by molar-refractivity contribution is 0.288. The van der Waals surface area contributed by atoms with Crippen LogP contribution in [-0.4, -0.2) is 18.3 Å². The fourth-order valence-electron chi connectivity index (χ4n) is 1.70. The van der Waals surface area contributed by atoms with Gasteiger partial charge in [-0.2, -0.15) is 0 Å². The zero-order valence-electron chi connectivity index (χ0n) is 9.84. The molecule has 0 fully saturated rings. The van der Waals surface area contributed by atoms with Gasteiger partial charge in [-0.3, -0.25) is 0 Å². The van der Waals surface area contributed by atoms with E-state index in [-0.39, 0.29) is 6.61 Å². The van der Waals surface area contributed by atoms with Crippen LogP contribution in [0.5, 0.6) is 5.75 Å². The van der Waals surface area contributed by atoms with E-state index >= 15 is 0 Å². The Morgan fingerprint density at radius 1 is 1.20 bits per heavy atom. The van der Waals surface area contributed by atoms with Crippen molar-refractivity contribution in [2.24, 2.45) is 0 Å². The second-order valence-corrected chi connectivity index (χ2v) is 3.80. The number of hydrogen-bond acceptors (Lipinski definition) is 2. The van der Waals surface area contributed by atoms with E-state index in [1.165, 1.54) is 16.7 Å². The number of hydrogen-bond donors (Lipinski definition) is 1. The average molecular weight is 208 g/mol. The molecule has 15 heavy (non-hydrogen) atoms. The molecule has 1 aromatic carbocycles. The molecular formula is C13H20O2. The molecule has 2 nitrogen and oxygen atoms in total. The number of aliphatic hydroxyl groups excluding tert-OH is 1. The maximum Gasteiger partial charge on any atom is 0.122 e. The highest BCUT2D eigenvalue weighted by Crippen LogP contribution is 2.23. The SMILES string of the molecule is CCOc1cc(C)c(CCCO)cc1C. The number of aryl methyl sites for hydroxylation is 3. The summed E-state index contributed by atoms with van der Waals surface area (Å²) in [7, 11) is 0. The molecule has 84 valence electrons. The van der Waals surface area contributed by atoms with Crippen LogP contribution in [-0.2, 0) is 6.42 Å². The maximum atomic E-state index is 8.80. The second kappa shape index (κ2) is 5.76. The standard InChI is InChI=1S/C13H20O2/c1-4-15-13-9-10(2)12(6-5-7-14)8-11(13)3/h8-9,14H,4-7H2,1-3H3. The molecule has 0 aliphatic rings. The lowest BCUT2D eigenvalue weighted by atomic mass is 10.0. The van der Waals surface area contributed by atoms with Gasteiger partial charge in [-0.05, 0) is 56.4 Å². The van der Waals surface area contributed by atoms with Gasteiger partial charge in [-0.1, -0.05) is 6.07 Å². The van der Waals surface area contributed by atoms with E-state index in [0.29, 0.717) is 6.61 Å². The van der Waals surface area contributed by atoms with Gasteiger partial charge in [0.2, 0.25) is 0 Å². The fourth-order valence-corrected chi connectivity index (χ4v) is 1.70. The van der Waals surface area contributed by atoms with E-state index in [1.54, 1.807) is 0 Å². The Bertz CT molecular complexity index is 319. The molecule has 0 saturated carbocycles. The fraction of sp³-hybridized carbons (Fsp3) is 0.538. The lowest BCUT2D eigenvalue weighted by Gasteiger charge is -2.12. The van der Waals surface area contributed by atoms with Gasteiger partial charge in [0, 0.05) is 6.61 Å². The first-order chi connectivity index (χ1) is 7.19. The zero-order valence-corrected chi connectivity index (χ0v) is 9.84. The summed E-state index contributed by atoms with van der Waals surface area (Å²) in [5.74, 6) is 0.975. The summed E-state index contributed by atoms with van der Waals surface area (Å²) >= 11 is 0. The molecule has 2 heteroatoms. The molecule has 0 bridgehead atoms. The zero-order chi connectivity index (χ0) is 11.3. The van der Waals surface area contributed by atoms with Gasteiger partial charge < -0.3 is 9.84 Å². The van der Waals surface area contributed by atoms with Crippen LogP contribution < -0.4 is 4.74 Å². The molecule has 0 radical (unpaired) electrons. The Kier molecular flexibility index (Phi) is 4.63. The van der Waals surface area contributed by atoms with E-state index in [1.807, 2.05) is 6.92 Å². The van der Waals surface area contributed by atoms with Gasteiger partial charge in [0.05, 0.1) is 6.61 Å². The van der Waals surface area contributed by atoms with Gasteiger partial charge in [-0.25, -0.2) is 0 Å². The summed E-state index contributed by atoms with van der Waals surface area (Å²) in [5, 5.41) is 8.80. The predicted octanol–water partition coefficient (Wildman–Crippen LogP) is 2.63. The smallest absolute Gasteiger partial charge is 0.122 e. The van der Waals surface area contributed by atoms with E-state index < -0.39 is 0 Å². The second-order valence-electron chi connectivity index (χ2n) is 3.80. The monoisotopic (exact) mass is 208 g/mol. The van der Waals surface area contributed by atoms with Crippen LogP contribution in [0, 0.1) is 13.8 Å². The first kappa shape index (κ1) is 12.1. The third-order valence-electron chi connectivity index (χ3n) is 2.54. The molecule has 0 amide bonds. The summed E-state index contributed by atoms with van der Waals surface area (Å²) < 4.78 is 5.53. The highest BCUT2D eigenvalue weighted by atomic mass is 16.5. The average Bonchev–Trinajstić information content (AvgIpc) is 2.21. The Morgan fingerprint density at radius 2 is 1.93 bits per heavy atom. The van der Waals surface area contributed by atoms with Crippen LogP contribution in [0.4, 0.5) is 0 Å². The predicted molar refractivity (Wildman–Crippen MR) is 62.5 cm³/mol. The van der Waals surface area contributed by atoms with Crippen molar-refractivity contribution in [3.8, 4) is 5.75 Å². The van der Waals surface area contributed by atoms with Gasteiger partial charge in [0.15, 0.2) is 0 Å². The van der Waals surface area contributed by atoms with Crippen LogP contribution in [0.15, 0.2) is 12.1 Å². The van der Waals surface area contributed by atoms with Crippen molar-refractivity contribution in [2.75, 3.05) is 13.2 Å². The Hall–Kier alpha value is -1.02. The molecule has 1 N–H and O–H groups in total. The molecule has 0 aliphatic heterocycles. The first-order valence-corrected chi connectivity index (χ1v) is 5.52. The summed E-state index contributed by atoms with van der Waals surface area (Å²) in [5.41, 5.74) is 3.73. The largest absolute Gasteiger partial charge is 0.494 e. The molecule has 0 atom stereocenters. The van der Waals surface area contributed by atoms with Gasteiger partial charge >= 0.3 is 0 Å². The maximum absolute atomic E-state index is 8.80. The van der Waals surface area contributed by atoms with Crippen molar-refractivity contribution in [1.29, 1.82) is 0 Å². The number of ether oxygens (including phenoxy) is 1. The molecule has 0 aliphatic carbocycles. The van der Waals surface area contributed by atoms with Crippen LogP contribution in [0.2, 0.25) is 0 Å². The van der Waals surface area contributed by atoms with Crippen molar-refractivity contribution < 1.29 is 9.84 Å². The first-order valence-electron chi connectivity index (χ1n) is 5.52. The molecule has 1 rings (SSSR count). The quantitative estimate of drug-likeness (QED) is 0.806. The number of rotatable bonds is 5. The minimum absolute atomic E-state index is 0.256. The van der Waals surface area contributed by atoms with E-state index in [2.05, 4.69) is 26.0 Å². The molecule has 0 unspecified atom stereocenters. The molecule has 0 heterocycles. The highest BCUT2D eigenvalue weighted by molar-refractivity contribution is 5.41. The summed E-state index contributed by atoms with van der Waals surface area (Å²) in [6, 6.07) is 4.25. The van der Waals surface area contributed by atoms with E-state index in [9.17, 15) is 0 Å². The van der Waals surface area contributed by atoms with Crippen molar-refractivity contribution in [3.63, 3.8) is 0 Å². The van der Waals surface area contributed by atoms with Crippen molar-refractivity contribution >= 4 is 0 Å². The van der Waals surface area contributed by atoms with Gasteiger partial charge in [0.1, 0.15) is 5.75 Å². The van der Waals surface area contributed by atoms with Crippen molar-refractivity contribution in [3.05, 3.63) is 28.8 Å². The normalized spacial score (nSPS) is 10.4. The summed E-state index contributed by atoms with van der Waals surface area (Å²) in [4.78, 5) is 0. The van der Waals surface area contributed by atoms with E-state index in [4.69, 9.17) is 9.84 Å².